The van der Waals surface area contributed by atoms with E-state index in [4.69, 9.17) is 4.74 Å². The highest BCUT2D eigenvalue weighted by atomic mass is 16.5. The molecule has 0 spiro atoms. The van der Waals surface area contributed by atoms with Crippen molar-refractivity contribution in [2.24, 2.45) is 11.8 Å². The van der Waals surface area contributed by atoms with Crippen LogP contribution in [0.4, 0.5) is 5.69 Å². The Morgan fingerprint density at radius 3 is 1.73 bits per heavy atom. The Bertz CT molecular complexity index is 1230. The Balaban J connectivity index is 1.54. The van der Waals surface area contributed by atoms with Gasteiger partial charge >= 0.3 is 0 Å². The number of hydrogen-bond acceptors (Lipinski definition) is 4. The van der Waals surface area contributed by atoms with E-state index in [0.29, 0.717) is 23.6 Å². The normalized spacial score (nSPS) is 24.4. The van der Waals surface area contributed by atoms with E-state index in [2.05, 4.69) is 24.3 Å². The SMILES string of the molecule is CCOc1ccc(C(C)=O)cc1N1C(=O)[C@@H]2C3c4ccccc4C(c4ccccc43)[C@H]2C1=O. The van der Waals surface area contributed by atoms with Crippen LogP contribution in [0.3, 0.4) is 0 Å². The van der Waals surface area contributed by atoms with E-state index in [-0.39, 0.29) is 29.4 Å². The number of rotatable bonds is 4. The molecular formula is C28H23NO4. The molecule has 7 rings (SSSR count). The van der Waals surface area contributed by atoms with Crippen molar-refractivity contribution in [1.82, 2.24) is 0 Å². The lowest BCUT2D eigenvalue weighted by Gasteiger charge is -2.45. The van der Waals surface area contributed by atoms with Crippen LogP contribution in [0.15, 0.2) is 66.7 Å². The standard InChI is InChI=1S/C28H23NO4/c1-3-33-22-13-12-16(15(2)30)14-21(22)29-27(31)25-23-17-8-4-5-9-18(17)24(26(25)28(29)32)20-11-7-6-10-19(20)23/h4-14,23-26H,3H2,1-2H3/t23?,24?,25-,26-/m1/s1. The number of anilines is 1. The Hall–Kier alpha value is -3.73. The summed E-state index contributed by atoms with van der Waals surface area (Å²) in [4.78, 5) is 41.3. The fraction of sp³-hybridized carbons (Fsp3) is 0.250. The summed E-state index contributed by atoms with van der Waals surface area (Å²) in [5.74, 6) is -1.40. The lowest BCUT2D eigenvalue weighted by atomic mass is 9.55. The van der Waals surface area contributed by atoms with Crippen LogP contribution in [0.25, 0.3) is 0 Å². The van der Waals surface area contributed by atoms with E-state index in [1.165, 1.54) is 11.8 Å². The monoisotopic (exact) mass is 437 g/mol. The van der Waals surface area contributed by atoms with Gasteiger partial charge in [-0.3, -0.25) is 14.4 Å². The summed E-state index contributed by atoms with van der Waals surface area (Å²) in [5, 5.41) is 0. The molecule has 0 aromatic heterocycles. The second-order valence-electron chi connectivity index (χ2n) is 8.95. The topological polar surface area (TPSA) is 63.7 Å². The van der Waals surface area contributed by atoms with Crippen LogP contribution in [-0.4, -0.2) is 24.2 Å². The molecule has 0 radical (unpaired) electrons. The number of benzene rings is 3. The largest absolute Gasteiger partial charge is 0.492 e. The predicted molar refractivity (Wildman–Crippen MR) is 124 cm³/mol. The maximum atomic E-state index is 14.0. The summed E-state index contributed by atoms with van der Waals surface area (Å²) in [7, 11) is 0. The Morgan fingerprint density at radius 1 is 0.818 bits per heavy atom. The molecule has 33 heavy (non-hydrogen) atoms. The molecule has 1 aliphatic heterocycles. The van der Waals surface area contributed by atoms with Crippen LogP contribution in [0, 0.1) is 11.8 Å². The maximum absolute atomic E-state index is 14.0. The number of nitrogens with zero attached hydrogens (tertiary/aromatic N) is 1. The van der Waals surface area contributed by atoms with Gasteiger partial charge < -0.3 is 4.74 Å². The molecule has 5 heteroatoms. The number of ether oxygens (including phenoxy) is 1. The van der Waals surface area contributed by atoms with E-state index in [1.54, 1.807) is 18.2 Å². The molecule has 1 heterocycles. The average Bonchev–Trinajstić information content (AvgIpc) is 3.10. The van der Waals surface area contributed by atoms with Crippen LogP contribution < -0.4 is 9.64 Å². The van der Waals surface area contributed by atoms with Gasteiger partial charge in [-0.2, -0.15) is 0 Å². The number of amides is 2. The van der Waals surface area contributed by atoms with Gasteiger partial charge in [-0.15, -0.1) is 0 Å². The van der Waals surface area contributed by atoms with Crippen LogP contribution in [0.2, 0.25) is 0 Å². The summed E-state index contributed by atoms with van der Waals surface area (Å²) in [6.45, 7) is 3.71. The number of imide groups is 1. The minimum Gasteiger partial charge on any atom is -0.492 e. The molecule has 0 unspecified atom stereocenters. The minimum atomic E-state index is -0.470. The fourth-order valence-electron chi connectivity index (χ4n) is 6.10. The van der Waals surface area contributed by atoms with Crippen LogP contribution in [0.1, 0.15) is 58.3 Å². The number of carbonyl (C=O) groups is 3. The quantitative estimate of drug-likeness (QED) is 0.439. The second kappa shape index (κ2) is 7.14. The number of ketones is 1. The Kier molecular flexibility index (Phi) is 4.31. The van der Waals surface area contributed by atoms with Gasteiger partial charge in [0.05, 0.1) is 24.1 Å². The predicted octanol–water partition coefficient (Wildman–Crippen LogP) is 4.68. The van der Waals surface area contributed by atoms with Gasteiger partial charge in [-0.05, 0) is 54.3 Å². The summed E-state index contributed by atoms with van der Waals surface area (Å²) in [5.41, 5.74) is 5.34. The van der Waals surface area contributed by atoms with Crippen LogP contribution in [0.5, 0.6) is 5.75 Å². The molecule has 3 aromatic rings. The van der Waals surface area contributed by atoms with Crippen molar-refractivity contribution in [2.75, 3.05) is 11.5 Å². The molecule has 3 aromatic carbocycles. The van der Waals surface area contributed by atoms with Gasteiger partial charge in [0.25, 0.3) is 0 Å². The summed E-state index contributed by atoms with van der Waals surface area (Å²) < 4.78 is 5.77. The third-order valence-corrected chi connectivity index (χ3v) is 7.35. The highest BCUT2D eigenvalue weighted by molar-refractivity contribution is 6.24. The second-order valence-corrected chi connectivity index (χ2v) is 8.95. The number of hydrogen-bond donors (Lipinski definition) is 0. The molecule has 1 fully saturated rings. The molecule has 2 bridgehead atoms. The Morgan fingerprint density at radius 2 is 1.30 bits per heavy atom. The fourth-order valence-corrected chi connectivity index (χ4v) is 6.10. The van der Waals surface area contributed by atoms with Crippen molar-refractivity contribution in [3.8, 4) is 5.75 Å². The lowest BCUT2D eigenvalue weighted by Crippen LogP contribution is -2.41. The van der Waals surface area contributed by atoms with Gasteiger partial charge in [0.2, 0.25) is 11.8 Å². The molecule has 2 atom stereocenters. The maximum Gasteiger partial charge on any atom is 0.238 e. The first-order chi connectivity index (χ1) is 16.0. The summed E-state index contributed by atoms with van der Waals surface area (Å²) in [6, 6.07) is 21.3. The smallest absolute Gasteiger partial charge is 0.238 e. The highest BCUT2D eigenvalue weighted by Gasteiger charge is 2.62. The molecule has 0 N–H and O–H groups in total. The van der Waals surface area contributed by atoms with E-state index in [9.17, 15) is 14.4 Å². The zero-order chi connectivity index (χ0) is 22.9. The van der Waals surface area contributed by atoms with Crippen molar-refractivity contribution in [3.05, 3.63) is 94.5 Å². The molecule has 1 saturated heterocycles. The van der Waals surface area contributed by atoms with Gasteiger partial charge in [-0.25, -0.2) is 4.90 Å². The number of Topliss-reactive ketones (excluding diaryl/α,β-unsaturated/α-hetero) is 1. The van der Waals surface area contributed by atoms with Crippen molar-refractivity contribution < 1.29 is 19.1 Å². The first-order valence-corrected chi connectivity index (χ1v) is 11.4. The zero-order valence-electron chi connectivity index (χ0n) is 18.4. The molecule has 3 aliphatic carbocycles. The van der Waals surface area contributed by atoms with Crippen molar-refractivity contribution in [2.45, 2.75) is 25.7 Å². The summed E-state index contributed by atoms with van der Waals surface area (Å²) in [6.07, 6.45) is 0. The Labute approximate surface area is 192 Å². The zero-order valence-corrected chi connectivity index (χ0v) is 18.4. The average molecular weight is 437 g/mol. The first kappa shape index (κ1) is 19.9. The molecule has 4 aliphatic rings. The molecular weight excluding hydrogens is 414 g/mol. The highest BCUT2D eigenvalue weighted by Crippen LogP contribution is 2.61. The molecule has 0 saturated carbocycles. The number of carbonyl (C=O) groups excluding carboxylic acids is 3. The van der Waals surface area contributed by atoms with E-state index >= 15 is 0 Å². The molecule has 164 valence electrons. The first-order valence-electron chi connectivity index (χ1n) is 11.4. The van der Waals surface area contributed by atoms with Crippen molar-refractivity contribution in [1.29, 1.82) is 0 Å². The third kappa shape index (κ3) is 2.62. The van der Waals surface area contributed by atoms with E-state index < -0.39 is 11.8 Å². The van der Waals surface area contributed by atoms with Gasteiger partial charge in [-0.1, -0.05) is 48.5 Å². The molecule has 5 nitrogen and oxygen atoms in total. The van der Waals surface area contributed by atoms with Crippen LogP contribution in [-0.2, 0) is 9.59 Å². The van der Waals surface area contributed by atoms with E-state index in [1.807, 2.05) is 31.2 Å². The van der Waals surface area contributed by atoms with Crippen molar-refractivity contribution in [3.63, 3.8) is 0 Å². The summed E-state index contributed by atoms with van der Waals surface area (Å²) >= 11 is 0. The molecule has 2 amide bonds. The van der Waals surface area contributed by atoms with Gasteiger partial charge in [0, 0.05) is 17.4 Å². The lowest BCUT2D eigenvalue weighted by molar-refractivity contribution is -0.122. The van der Waals surface area contributed by atoms with Crippen molar-refractivity contribution >= 4 is 23.3 Å². The minimum absolute atomic E-state index is 0.129. The van der Waals surface area contributed by atoms with E-state index in [0.717, 1.165) is 22.3 Å². The third-order valence-electron chi connectivity index (χ3n) is 7.35. The van der Waals surface area contributed by atoms with Gasteiger partial charge in [0.15, 0.2) is 5.78 Å². The van der Waals surface area contributed by atoms with Crippen LogP contribution >= 0.6 is 0 Å². The van der Waals surface area contributed by atoms with Gasteiger partial charge in [0.1, 0.15) is 5.75 Å².